The molecule has 0 aliphatic carbocycles. The molecule has 0 unspecified atom stereocenters. The molecule has 1 heterocycles. The molecule has 0 saturated carbocycles. The van der Waals surface area contributed by atoms with Gasteiger partial charge in [-0.05, 0) is 35.6 Å². The summed E-state index contributed by atoms with van der Waals surface area (Å²) in [6, 6.07) is 24.1. The lowest BCUT2D eigenvalue weighted by Crippen LogP contribution is -2.42. The summed E-state index contributed by atoms with van der Waals surface area (Å²) in [6.07, 6.45) is -0.474. The molecule has 39 heavy (non-hydrogen) atoms. The SMILES string of the molecule is COC(=O)[C@H]1[C@H](NCc2cc(C(C)C)ccc2OC)[C@H](c2ccccc2)N(C(=O)OCc2ccccc2)[C@@H]1C. The predicted molar refractivity (Wildman–Crippen MR) is 150 cm³/mol. The van der Waals surface area contributed by atoms with Crippen molar-refractivity contribution in [2.24, 2.45) is 5.92 Å². The lowest BCUT2D eigenvalue weighted by molar-refractivity contribution is -0.146. The molecule has 1 aliphatic rings. The van der Waals surface area contributed by atoms with Crippen molar-refractivity contribution in [3.63, 3.8) is 0 Å². The third-order valence-corrected chi connectivity index (χ3v) is 7.51. The summed E-state index contributed by atoms with van der Waals surface area (Å²) in [6.45, 7) is 6.77. The Morgan fingerprint density at radius 3 is 2.23 bits per heavy atom. The molecule has 7 heteroatoms. The Balaban J connectivity index is 1.68. The van der Waals surface area contributed by atoms with Gasteiger partial charge in [-0.25, -0.2) is 4.79 Å². The van der Waals surface area contributed by atoms with E-state index in [-0.39, 0.29) is 12.6 Å². The van der Waals surface area contributed by atoms with E-state index in [9.17, 15) is 9.59 Å². The minimum Gasteiger partial charge on any atom is -0.496 e. The van der Waals surface area contributed by atoms with E-state index >= 15 is 0 Å². The lowest BCUT2D eigenvalue weighted by Gasteiger charge is -2.30. The van der Waals surface area contributed by atoms with E-state index in [1.54, 1.807) is 12.0 Å². The quantitative estimate of drug-likeness (QED) is 0.350. The van der Waals surface area contributed by atoms with Crippen LogP contribution >= 0.6 is 0 Å². The first-order valence-corrected chi connectivity index (χ1v) is 13.4. The van der Waals surface area contributed by atoms with Gasteiger partial charge < -0.3 is 19.5 Å². The fourth-order valence-electron chi connectivity index (χ4n) is 5.43. The molecule has 0 radical (unpaired) electrons. The molecule has 0 bridgehead atoms. The first-order chi connectivity index (χ1) is 18.8. The number of hydrogen-bond acceptors (Lipinski definition) is 6. The molecule has 1 amide bonds. The Bertz CT molecular complexity index is 1250. The number of carbonyl (C=O) groups excluding carboxylic acids is 2. The second kappa shape index (κ2) is 12.8. The van der Waals surface area contributed by atoms with E-state index < -0.39 is 30.1 Å². The maximum absolute atomic E-state index is 13.6. The van der Waals surface area contributed by atoms with Crippen LogP contribution in [-0.2, 0) is 27.4 Å². The van der Waals surface area contributed by atoms with Gasteiger partial charge in [-0.3, -0.25) is 9.69 Å². The van der Waals surface area contributed by atoms with Gasteiger partial charge >= 0.3 is 12.1 Å². The van der Waals surface area contributed by atoms with Crippen molar-refractivity contribution >= 4 is 12.1 Å². The van der Waals surface area contributed by atoms with Crippen molar-refractivity contribution in [1.82, 2.24) is 10.2 Å². The van der Waals surface area contributed by atoms with E-state index in [1.807, 2.05) is 73.7 Å². The van der Waals surface area contributed by atoms with Crippen LogP contribution in [0.1, 0.15) is 55.0 Å². The molecular weight excluding hydrogens is 492 g/mol. The highest BCUT2D eigenvalue weighted by Gasteiger charge is 2.53. The highest BCUT2D eigenvalue weighted by molar-refractivity contribution is 5.78. The molecule has 206 valence electrons. The molecule has 7 nitrogen and oxygen atoms in total. The summed E-state index contributed by atoms with van der Waals surface area (Å²) in [5.74, 6) is 0.143. The van der Waals surface area contributed by atoms with Gasteiger partial charge in [0.25, 0.3) is 0 Å². The fraction of sp³-hybridized carbons (Fsp3) is 0.375. The normalized spacial score (nSPS) is 20.6. The minimum absolute atomic E-state index is 0.143. The molecule has 1 aliphatic heterocycles. The zero-order chi connectivity index (χ0) is 27.9. The number of amides is 1. The number of hydrogen-bond donors (Lipinski definition) is 1. The van der Waals surface area contributed by atoms with E-state index in [1.165, 1.54) is 12.7 Å². The Morgan fingerprint density at radius 2 is 1.62 bits per heavy atom. The summed E-state index contributed by atoms with van der Waals surface area (Å²) >= 11 is 0. The smallest absolute Gasteiger partial charge is 0.410 e. The van der Waals surface area contributed by atoms with Gasteiger partial charge in [0.1, 0.15) is 12.4 Å². The number of benzene rings is 3. The summed E-state index contributed by atoms with van der Waals surface area (Å²) in [7, 11) is 3.04. The van der Waals surface area contributed by atoms with Gasteiger partial charge in [-0.15, -0.1) is 0 Å². The minimum atomic E-state index is -0.608. The third kappa shape index (κ3) is 6.25. The van der Waals surface area contributed by atoms with Crippen LogP contribution in [0.3, 0.4) is 0 Å². The van der Waals surface area contributed by atoms with Crippen molar-refractivity contribution in [3.05, 3.63) is 101 Å². The van der Waals surface area contributed by atoms with Crippen LogP contribution in [0.25, 0.3) is 0 Å². The van der Waals surface area contributed by atoms with E-state index in [4.69, 9.17) is 14.2 Å². The Morgan fingerprint density at radius 1 is 0.949 bits per heavy atom. The van der Waals surface area contributed by atoms with Crippen LogP contribution in [0.2, 0.25) is 0 Å². The van der Waals surface area contributed by atoms with E-state index in [0.29, 0.717) is 12.5 Å². The monoisotopic (exact) mass is 530 g/mol. The van der Waals surface area contributed by atoms with Crippen LogP contribution < -0.4 is 10.1 Å². The van der Waals surface area contributed by atoms with Gasteiger partial charge in [-0.1, -0.05) is 86.6 Å². The largest absolute Gasteiger partial charge is 0.496 e. The molecule has 4 rings (SSSR count). The first-order valence-electron chi connectivity index (χ1n) is 13.4. The van der Waals surface area contributed by atoms with E-state index in [0.717, 1.165) is 22.4 Å². The third-order valence-electron chi connectivity index (χ3n) is 7.51. The van der Waals surface area contributed by atoms with Crippen LogP contribution in [0.15, 0.2) is 78.9 Å². The highest BCUT2D eigenvalue weighted by Crippen LogP contribution is 2.42. The van der Waals surface area contributed by atoms with E-state index in [2.05, 4.69) is 31.3 Å². The molecule has 1 saturated heterocycles. The molecule has 0 spiro atoms. The molecule has 3 aromatic carbocycles. The summed E-state index contributed by atoms with van der Waals surface area (Å²) in [5.41, 5.74) is 3.98. The maximum atomic E-state index is 13.6. The highest BCUT2D eigenvalue weighted by atomic mass is 16.6. The van der Waals surface area contributed by atoms with Gasteiger partial charge in [0.05, 0.1) is 26.2 Å². The first kappa shape index (κ1) is 28.2. The number of nitrogens with zero attached hydrogens (tertiary/aromatic N) is 1. The number of rotatable bonds is 9. The molecular formula is C32H38N2O5. The summed E-state index contributed by atoms with van der Waals surface area (Å²) in [4.78, 5) is 28.5. The molecule has 4 atom stereocenters. The maximum Gasteiger partial charge on any atom is 0.410 e. The Labute approximate surface area is 231 Å². The second-order valence-corrected chi connectivity index (χ2v) is 10.2. The van der Waals surface area contributed by atoms with Gasteiger partial charge in [-0.2, -0.15) is 0 Å². The van der Waals surface area contributed by atoms with Crippen LogP contribution in [-0.4, -0.2) is 43.3 Å². The average molecular weight is 531 g/mol. The van der Waals surface area contributed by atoms with Crippen LogP contribution in [0.4, 0.5) is 4.79 Å². The standard InChI is InChI=1S/C32H38N2O5/c1-21(2)25-16-17-27(37-4)26(18-25)19-33-29-28(31(35)38-5)22(3)34(30(29)24-14-10-7-11-15-24)32(36)39-20-23-12-8-6-9-13-23/h6-18,21-22,28-30,33H,19-20H2,1-5H3/t22-,28-,29+,30+/m1/s1. The number of nitrogens with one attached hydrogen (secondary N) is 1. The van der Waals surface area contributed by atoms with Crippen molar-refractivity contribution in [2.75, 3.05) is 14.2 Å². The molecule has 3 aromatic rings. The molecule has 1 N–H and O–H groups in total. The van der Waals surface area contributed by atoms with Gasteiger partial charge in [0, 0.05) is 24.2 Å². The molecule has 0 aromatic heterocycles. The van der Waals surface area contributed by atoms with Crippen molar-refractivity contribution in [2.45, 2.75) is 58.0 Å². The fourth-order valence-corrected chi connectivity index (χ4v) is 5.43. The topological polar surface area (TPSA) is 77.1 Å². The average Bonchev–Trinajstić information content (AvgIpc) is 3.26. The second-order valence-electron chi connectivity index (χ2n) is 10.2. The molecule has 1 fully saturated rings. The van der Waals surface area contributed by atoms with Crippen molar-refractivity contribution < 1.29 is 23.8 Å². The lowest BCUT2D eigenvalue weighted by atomic mass is 9.90. The number of ether oxygens (including phenoxy) is 3. The predicted octanol–water partition coefficient (Wildman–Crippen LogP) is 5.85. The zero-order valence-electron chi connectivity index (χ0n) is 23.3. The van der Waals surface area contributed by atoms with Gasteiger partial charge in [0.15, 0.2) is 0 Å². The van der Waals surface area contributed by atoms with Gasteiger partial charge in [0.2, 0.25) is 0 Å². The van der Waals surface area contributed by atoms with Crippen LogP contribution in [0.5, 0.6) is 5.75 Å². The van der Waals surface area contributed by atoms with Crippen LogP contribution in [0, 0.1) is 5.92 Å². The summed E-state index contributed by atoms with van der Waals surface area (Å²) < 4.78 is 16.7. The number of methoxy groups -OCH3 is 2. The number of carbonyl (C=O) groups is 2. The number of likely N-dealkylation sites (tertiary alicyclic amines) is 1. The Kier molecular flexibility index (Phi) is 9.25. The van der Waals surface area contributed by atoms with Crippen molar-refractivity contribution in [3.8, 4) is 5.75 Å². The Hall–Kier alpha value is -3.84. The van der Waals surface area contributed by atoms with Crippen molar-refractivity contribution in [1.29, 1.82) is 0 Å². The zero-order valence-corrected chi connectivity index (χ0v) is 23.3. The number of esters is 1. The summed E-state index contributed by atoms with van der Waals surface area (Å²) in [5, 5.41) is 3.61.